The van der Waals surface area contributed by atoms with Crippen LogP contribution in [-0.4, -0.2) is 19.5 Å². The number of imidazole rings is 1. The van der Waals surface area contributed by atoms with E-state index in [1.54, 1.807) is 4.46 Å². The molecule has 0 atom stereocenters. The molecule has 1 heterocycles. The van der Waals surface area contributed by atoms with Crippen LogP contribution < -0.4 is 9.03 Å². The molecule has 0 saturated carbocycles. The van der Waals surface area contributed by atoms with Gasteiger partial charge in [0, 0.05) is 0 Å². The van der Waals surface area contributed by atoms with Crippen LogP contribution in [0.4, 0.5) is 25.2 Å². The van der Waals surface area contributed by atoms with E-state index in [0.29, 0.717) is 15.0 Å². The molecule has 0 saturated heterocycles. The number of hydrogen-bond donors (Lipinski definition) is 0. The standard InChI is InChI=1S/C14H19N2Se.F6P/c1-11-7-12(2)14(13(3)8-11)17-10-16-6-5-15(4)9-16;1-7(2,3,4,5)6/h5-9H,10H2,1-4H3;/q+1;-1. The normalized spacial score (nSPS) is 14.4. The minimum atomic E-state index is -10.7. The van der Waals surface area contributed by atoms with Gasteiger partial charge in [-0.1, -0.05) is 0 Å². The molecule has 1 aromatic heterocycles. The van der Waals surface area contributed by atoms with Crippen molar-refractivity contribution >= 4 is 27.2 Å². The second kappa shape index (κ2) is 6.36. The van der Waals surface area contributed by atoms with Gasteiger partial charge in [-0.15, -0.1) is 0 Å². The number of benzene rings is 1. The summed E-state index contributed by atoms with van der Waals surface area (Å²) in [7, 11) is -8.60. The Labute approximate surface area is 142 Å². The molecule has 0 N–H and O–H groups in total. The van der Waals surface area contributed by atoms with E-state index >= 15 is 0 Å². The fourth-order valence-corrected chi connectivity index (χ4v) is 4.22. The summed E-state index contributed by atoms with van der Waals surface area (Å²) < 4.78 is 65.1. The van der Waals surface area contributed by atoms with Crippen LogP contribution in [-0.2, 0) is 12.5 Å². The van der Waals surface area contributed by atoms with Crippen LogP contribution in [0.25, 0.3) is 0 Å². The van der Waals surface area contributed by atoms with Gasteiger partial charge in [-0.3, -0.25) is 0 Å². The molecule has 0 radical (unpaired) electrons. The molecule has 2 nitrogen and oxygen atoms in total. The topological polar surface area (TPSA) is 8.81 Å². The number of aromatic nitrogens is 2. The Hall–Kier alpha value is -1.04. The Kier molecular flexibility index (Phi) is 5.56. The van der Waals surface area contributed by atoms with Gasteiger partial charge in [0.2, 0.25) is 0 Å². The summed E-state index contributed by atoms with van der Waals surface area (Å²) in [6.45, 7) is 6.63. The van der Waals surface area contributed by atoms with Crippen molar-refractivity contribution in [1.29, 1.82) is 0 Å². The number of rotatable bonds is 3. The van der Waals surface area contributed by atoms with Crippen molar-refractivity contribution in [2.45, 2.75) is 26.2 Å². The van der Waals surface area contributed by atoms with Gasteiger partial charge in [0.1, 0.15) is 0 Å². The van der Waals surface area contributed by atoms with Crippen LogP contribution in [0.2, 0.25) is 0 Å². The third-order valence-corrected chi connectivity index (χ3v) is 5.64. The van der Waals surface area contributed by atoms with Crippen molar-refractivity contribution in [2.24, 2.45) is 7.05 Å². The molecule has 138 valence electrons. The van der Waals surface area contributed by atoms with Crippen molar-refractivity contribution in [2.75, 3.05) is 0 Å². The van der Waals surface area contributed by atoms with Gasteiger partial charge in [-0.2, -0.15) is 0 Å². The van der Waals surface area contributed by atoms with E-state index in [4.69, 9.17) is 0 Å². The summed E-state index contributed by atoms with van der Waals surface area (Å²) in [5.74, 6) is 0. The molecule has 1 aromatic carbocycles. The minimum absolute atomic E-state index is 0.508. The second-order valence-electron chi connectivity index (χ2n) is 5.55. The van der Waals surface area contributed by atoms with Gasteiger partial charge in [0.05, 0.1) is 0 Å². The van der Waals surface area contributed by atoms with E-state index < -0.39 is 7.81 Å². The van der Waals surface area contributed by atoms with Crippen LogP contribution in [0.1, 0.15) is 16.7 Å². The molecule has 10 heteroatoms. The third-order valence-electron chi connectivity index (χ3n) is 2.79. The summed E-state index contributed by atoms with van der Waals surface area (Å²) in [4.78, 5) is 0. The second-order valence-corrected chi connectivity index (χ2v) is 9.47. The van der Waals surface area contributed by atoms with Crippen molar-refractivity contribution in [3.8, 4) is 0 Å². The molecule has 0 aliphatic rings. The first kappa shape index (κ1) is 21.0. The van der Waals surface area contributed by atoms with Gasteiger partial charge in [0.25, 0.3) is 0 Å². The SMILES string of the molecule is Cc1cc(C)c([Se]Cn2cc[n+](C)c2)c(C)c1.F[P-](F)(F)(F)(F)F. The molecule has 0 unspecified atom stereocenters. The molecule has 0 aliphatic heterocycles. The molecule has 0 fully saturated rings. The zero-order valence-electron chi connectivity index (χ0n) is 13.6. The fraction of sp³-hybridized carbons (Fsp3) is 0.357. The van der Waals surface area contributed by atoms with E-state index in [-0.39, 0.29) is 0 Å². The Morgan fingerprint density at radius 2 is 1.46 bits per heavy atom. The van der Waals surface area contributed by atoms with Crippen molar-refractivity contribution in [1.82, 2.24) is 4.57 Å². The van der Waals surface area contributed by atoms with E-state index in [2.05, 4.69) is 67.8 Å². The van der Waals surface area contributed by atoms with E-state index in [9.17, 15) is 25.2 Å². The predicted octanol–water partition coefficient (Wildman–Crippen LogP) is 4.61. The number of halogens is 6. The first-order valence-electron chi connectivity index (χ1n) is 6.79. The maximum absolute atomic E-state index is 10.7. The molecule has 0 bridgehead atoms. The number of nitrogens with zero attached hydrogens (tertiary/aromatic N) is 2. The van der Waals surface area contributed by atoms with Gasteiger partial charge in [-0.25, -0.2) is 0 Å². The zero-order valence-corrected chi connectivity index (χ0v) is 16.2. The van der Waals surface area contributed by atoms with Gasteiger partial charge < -0.3 is 0 Å². The molecule has 0 aliphatic carbocycles. The Morgan fingerprint density at radius 3 is 1.83 bits per heavy atom. The van der Waals surface area contributed by atoms with Crippen LogP contribution in [0.5, 0.6) is 0 Å². The van der Waals surface area contributed by atoms with Crippen LogP contribution >= 0.6 is 7.81 Å². The van der Waals surface area contributed by atoms with E-state index in [1.807, 2.05) is 0 Å². The van der Waals surface area contributed by atoms with Crippen LogP contribution in [0.15, 0.2) is 30.9 Å². The molecule has 2 aromatic rings. The van der Waals surface area contributed by atoms with Crippen molar-refractivity contribution in [3.05, 3.63) is 47.5 Å². The molecule has 2 rings (SSSR count). The predicted molar refractivity (Wildman–Crippen MR) is 85.2 cm³/mol. The van der Waals surface area contributed by atoms with Crippen molar-refractivity contribution in [3.63, 3.8) is 0 Å². The maximum atomic E-state index is 9.87. The van der Waals surface area contributed by atoms with Crippen molar-refractivity contribution < 1.29 is 29.7 Å². The first-order chi connectivity index (χ1) is 10.5. The van der Waals surface area contributed by atoms with Gasteiger partial charge >= 0.3 is 142 Å². The summed E-state index contributed by atoms with van der Waals surface area (Å²) in [5.41, 5.74) is 5.36. The molecule has 0 amide bonds. The summed E-state index contributed by atoms with van der Waals surface area (Å²) in [6, 6.07) is 4.58. The van der Waals surface area contributed by atoms with Gasteiger partial charge in [-0.05, 0) is 0 Å². The van der Waals surface area contributed by atoms with Crippen LogP contribution in [0, 0.1) is 20.8 Å². The van der Waals surface area contributed by atoms with E-state index in [1.165, 1.54) is 16.7 Å². The van der Waals surface area contributed by atoms with Crippen LogP contribution in [0.3, 0.4) is 0 Å². The molecular weight excluding hydrogens is 420 g/mol. The summed E-state index contributed by atoms with van der Waals surface area (Å²) in [5, 5.41) is 0. The Bertz CT molecular complexity index is 690. The number of hydrogen-bond acceptors (Lipinski definition) is 0. The van der Waals surface area contributed by atoms with Gasteiger partial charge in [0.15, 0.2) is 0 Å². The monoisotopic (exact) mass is 440 g/mol. The summed E-state index contributed by atoms with van der Waals surface area (Å²) in [6.07, 6.45) is 6.37. The zero-order chi connectivity index (χ0) is 18.8. The molecule has 0 spiro atoms. The third kappa shape index (κ3) is 9.96. The average Bonchev–Trinajstić information content (AvgIpc) is 2.69. The average molecular weight is 439 g/mol. The van der Waals surface area contributed by atoms with E-state index in [0.717, 1.165) is 5.44 Å². The Balaban J connectivity index is 0.000000351. The first-order valence-corrected chi connectivity index (χ1v) is 10.9. The Morgan fingerprint density at radius 1 is 1.00 bits per heavy atom. The quantitative estimate of drug-likeness (QED) is 0.286. The molecule has 24 heavy (non-hydrogen) atoms. The number of aryl methyl sites for hydroxylation is 4. The summed E-state index contributed by atoms with van der Waals surface area (Å²) >= 11 is 0.508. The molecular formula is C14H19F6N2PSe. The fourth-order valence-electron chi connectivity index (χ4n) is 2.11.